The molecule has 2 fully saturated rings. The van der Waals surface area contributed by atoms with Gasteiger partial charge < -0.3 is 10.4 Å². The molecule has 0 radical (unpaired) electrons. The summed E-state index contributed by atoms with van der Waals surface area (Å²) in [5.41, 5.74) is 1.39. The number of phenolic OH excluding ortho intramolecular Hbond substituents is 1. The Labute approximate surface area is 186 Å². The van der Waals surface area contributed by atoms with Gasteiger partial charge in [-0.3, -0.25) is 0 Å². The molecule has 1 aliphatic carbocycles. The Morgan fingerprint density at radius 3 is 2.59 bits per heavy atom. The maximum atomic E-state index is 12.7. The van der Waals surface area contributed by atoms with E-state index in [2.05, 4.69) is 20.4 Å². The van der Waals surface area contributed by atoms with Gasteiger partial charge in [-0.2, -0.15) is 4.31 Å². The largest absolute Gasteiger partial charge is 0.509 e. The van der Waals surface area contributed by atoms with E-state index >= 15 is 0 Å². The van der Waals surface area contributed by atoms with Gasteiger partial charge in [0.15, 0.2) is 11.5 Å². The number of aromatic nitrogens is 2. The third-order valence-corrected chi connectivity index (χ3v) is 8.45. The number of hydrogen-bond acceptors (Lipinski definition) is 6. The number of nitrogens with one attached hydrogen (secondary N) is 1. The number of hydrogen-bond donors (Lipinski definition) is 2. The minimum atomic E-state index is -3.20. The lowest BCUT2D eigenvalue weighted by molar-refractivity contribution is 0.326. The topological polar surface area (TPSA) is 99.8 Å². The standard InChI is InChI=1S/C23H23N5O3S/c1-24-15-8-11-20(21(29)13-15)22-18-6-2-3-7-19(18)23(27-26-22)25-16-5-4-12-28(14-16)32(30,31)17-9-10-17/h2-3,6-8,11,13,16-17,29H,4-5,9-10,12,14H2,(H,25,27)/t16-/m1/s1. The maximum absolute atomic E-state index is 12.7. The van der Waals surface area contributed by atoms with Crippen molar-refractivity contribution in [2.75, 3.05) is 18.4 Å². The van der Waals surface area contributed by atoms with Crippen molar-refractivity contribution < 1.29 is 13.5 Å². The van der Waals surface area contributed by atoms with E-state index in [1.807, 2.05) is 24.3 Å². The number of nitrogens with zero attached hydrogens (tertiary/aromatic N) is 4. The average Bonchev–Trinajstić information content (AvgIpc) is 3.66. The molecule has 1 saturated heterocycles. The fourth-order valence-electron chi connectivity index (χ4n) is 4.26. The first-order chi connectivity index (χ1) is 15.5. The van der Waals surface area contributed by atoms with Crippen molar-refractivity contribution in [2.45, 2.75) is 37.0 Å². The van der Waals surface area contributed by atoms with E-state index in [1.165, 1.54) is 6.07 Å². The molecule has 2 aliphatic rings. The van der Waals surface area contributed by atoms with Crippen LogP contribution in [0.4, 0.5) is 11.5 Å². The second-order valence-corrected chi connectivity index (χ2v) is 10.6. The lowest BCUT2D eigenvalue weighted by Crippen LogP contribution is -2.46. The highest BCUT2D eigenvalue weighted by Crippen LogP contribution is 2.37. The van der Waals surface area contributed by atoms with Gasteiger partial charge in [-0.1, -0.05) is 36.4 Å². The number of fused-ring (bicyclic) bond motifs is 1. The molecule has 1 atom stereocenters. The van der Waals surface area contributed by atoms with Crippen LogP contribution in [0.2, 0.25) is 0 Å². The first-order valence-electron chi connectivity index (χ1n) is 10.7. The molecule has 0 amide bonds. The number of aromatic hydroxyl groups is 1. The summed E-state index contributed by atoms with van der Waals surface area (Å²) in [6.07, 6.45) is 3.18. The van der Waals surface area contributed by atoms with Crippen LogP contribution in [0, 0.1) is 6.57 Å². The monoisotopic (exact) mass is 449 g/mol. The van der Waals surface area contributed by atoms with Crippen LogP contribution >= 0.6 is 0 Å². The van der Waals surface area contributed by atoms with Crippen molar-refractivity contribution in [3.63, 3.8) is 0 Å². The van der Waals surface area contributed by atoms with Crippen molar-refractivity contribution in [2.24, 2.45) is 0 Å². The highest BCUT2D eigenvalue weighted by molar-refractivity contribution is 7.90. The van der Waals surface area contributed by atoms with Crippen LogP contribution in [0.5, 0.6) is 5.75 Å². The van der Waals surface area contributed by atoms with E-state index in [9.17, 15) is 13.5 Å². The van der Waals surface area contributed by atoms with Gasteiger partial charge in [-0.25, -0.2) is 13.3 Å². The Hall–Kier alpha value is -3.22. The van der Waals surface area contributed by atoms with Crippen molar-refractivity contribution in [3.8, 4) is 17.0 Å². The quantitative estimate of drug-likeness (QED) is 0.573. The van der Waals surface area contributed by atoms with Crippen molar-refractivity contribution in [1.82, 2.24) is 14.5 Å². The van der Waals surface area contributed by atoms with Crippen molar-refractivity contribution in [3.05, 3.63) is 53.9 Å². The average molecular weight is 450 g/mol. The summed E-state index contributed by atoms with van der Waals surface area (Å²) in [6.45, 7) is 8.11. The van der Waals surface area contributed by atoms with Gasteiger partial charge in [-0.15, -0.1) is 10.2 Å². The third-order valence-electron chi connectivity index (χ3n) is 6.08. The van der Waals surface area contributed by atoms with Gasteiger partial charge in [0, 0.05) is 35.5 Å². The van der Waals surface area contributed by atoms with Gasteiger partial charge in [-0.05, 0) is 31.7 Å². The lowest BCUT2D eigenvalue weighted by Gasteiger charge is -2.32. The summed E-state index contributed by atoms with van der Waals surface area (Å²) in [5.74, 6) is 0.573. The minimum absolute atomic E-state index is 0.0214. The second kappa shape index (κ2) is 8.04. The SMILES string of the molecule is [C-]#[N+]c1ccc(-c2nnc(N[C@@H]3CCCN(S(=O)(=O)C4CC4)C3)c3ccccc23)c(O)c1. The zero-order valence-corrected chi connectivity index (χ0v) is 18.2. The van der Waals surface area contributed by atoms with Crippen LogP contribution in [0.1, 0.15) is 25.7 Å². The van der Waals surface area contributed by atoms with Crippen LogP contribution in [-0.2, 0) is 10.0 Å². The first-order valence-corrected chi connectivity index (χ1v) is 12.2. The Morgan fingerprint density at radius 1 is 1.09 bits per heavy atom. The number of piperidine rings is 1. The Kier molecular flexibility index (Phi) is 5.19. The summed E-state index contributed by atoms with van der Waals surface area (Å²) in [6, 6.07) is 12.3. The van der Waals surface area contributed by atoms with Crippen molar-refractivity contribution >= 4 is 32.3 Å². The third kappa shape index (κ3) is 3.76. The predicted molar refractivity (Wildman–Crippen MR) is 123 cm³/mol. The molecule has 2 aromatic carbocycles. The predicted octanol–water partition coefficient (Wildman–Crippen LogP) is 3.92. The molecule has 1 saturated carbocycles. The summed E-state index contributed by atoms with van der Waals surface area (Å²) in [4.78, 5) is 3.34. The summed E-state index contributed by atoms with van der Waals surface area (Å²) < 4.78 is 26.9. The molecule has 8 nitrogen and oxygen atoms in total. The zero-order valence-electron chi connectivity index (χ0n) is 17.4. The molecule has 2 N–H and O–H groups in total. The van der Waals surface area contributed by atoms with Crippen LogP contribution < -0.4 is 5.32 Å². The molecule has 1 aliphatic heterocycles. The lowest BCUT2D eigenvalue weighted by atomic mass is 10.0. The van der Waals surface area contributed by atoms with Gasteiger partial charge in [0.1, 0.15) is 11.4 Å². The van der Waals surface area contributed by atoms with Crippen LogP contribution in [0.25, 0.3) is 26.9 Å². The number of rotatable bonds is 5. The summed E-state index contributed by atoms with van der Waals surface area (Å²) >= 11 is 0. The molecule has 1 aromatic heterocycles. The van der Waals surface area contributed by atoms with Gasteiger partial charge >= 0.3 is 0 Å². The van der Waals surface area contributed by atoms with E-state index in [4.69, 9.17) is 6.57 Å². The Bertz CT molecular complexity index is 1330. The van der Waals surface area contributed by atoms with E-state index in [1.54, 1.807) is 16.4 Å². The number of anilines is 1. The minimum Gasteiger partial charge on any atom is -0.509 e. The van der Waals surface area contributed by atoms with Crippen LogP contribution in [0.15, 0.2) is 42.5 Å². The van der Waals surface area contributed by atoms with E-state index in [0.29, 0.717) is 35.9 Å². The fraction of sp³-hybridized carbons (Fsp3) is 0.348. The van der Waals surface area contributed by atoms with Crippen LogP contribution in [0.3, 0.4) is 0 Å². The zero-order chi connectivity index (χ0) is 22.3. The molecule has 0 spiro atoms. The van der Waals surface area contributed by atoms with Gasteiger partial charge in [0.25, 0.3) is 0 Å². The molecule has 9 heteroatoms. The molecule has 5 rings (SSSR count). The summed E-state index contributed by atoms with van der Waals surface area (Å²) in [5, 5.41) is 24.1. The molecular formula is C23H23N5O3S. The molecule has 0 bridgehead atoms. The van der Waals surface area contributed by atoms with E-state index in [0.717, 1.165) is 36.5 Å². The molecular weight excluding hydrogens is 426 g/mol. The van der Waals surface area contributed by atoms with E-state index in [-0.39, 0.29) is 17.0 Å². The number of phenols is 1. The number of sulfonamides is 1. The van der Waals surface area contributed by atoms with Gasteiger partial charge in [0.2, 0.25) is 10.0 Å². The summed E-state index contributed by atoms with van der Waals surface area (Å²) in [7, 11) is -3.20. The Morgan fingerprint density at radius 2 is 1.88 bits per heavy atom. The first kappa shape index (κ1) is 20.7. The molecule has 164 valence electrons. The Balaban J connectivity index is 1.46. The highest BCUT2D eigenvalue weighted by Gasteiger charge is 2.41. The maximum Gasteiger partial charge on any atom is 0.217 e. The van der Waals surface area contributed by atoms with E-state index < -0.39 is 10.0 Å². The molecule has 0 unspecified atom stereocenters. The van der Waals surface area contributed by atoms with Crippen LogP contribution in [-0.4, -0.2) is 52.4 Å². The second-order valence-electron chi connectivity index (χ2n) is 8.34. The normalized spacial score (nSPS) is 19.5. The van der Waals surface area contributed by atoms with Crippen molar-refractivity contribution in [1.29, 1.82) is 0 Å². The molecule has 3 aromatic rings. The molecule has 2 heterocycles. The van der Waals surface area contributed by atoms with Gasteiger partial charge in [0.05, 0.1) is 11.8 Å². The smallest absolute Gasteiger partial charge is 0.217 e. The fourth-order valence-corrected chi connectivity index (χ4v) is 6.19. The highest BCUT2D eigenvalue weighted by atomic mass is 32.2. The number of benzene rings is 2. The molecule has 32 heavy (non-hydrogen) atoms.